The number of hydrogen-bond donors (Lipinski definition) is 3. The summed E-state index contributed by atoms with van der Waals surface area (Å²) in [6, 6.07) is 20.9. The average molecular weight is 551 g/mol. The Kier molecular flexibility index (Phi) is 7.55. The molecule has 3 N–H and O–H groups in total. The first-order chi connectivity index (χ1) is 17.4. The molecule has 1 aromatic heterocycles. The largest absolute Gasteiger partial charge is 0.497 e. The summed E-state index contributed by atoms with van der Waals surface area (Å²) >= 11 is 3.42. The molecule has 4 aromatic rings. The third kappa shape index (κ3) is 5.66. The number of hydrogen-bond acceptors (Lipinski definition) is 5. The van der Waals surface area contributed by atoms with Gasteiger partial charge in [-0.25, -0.2) is 4.68 Å². The number of amides is 3. The maximum Gasteiger partial charge on any atom is 0.328 e. The number of anilines is 1. The standard InChI is InChI=1S/C26H23BrN4O5/c1-35-20-8-3-16(4-9-20)15-28-25(33)26(34)30-31-22-12-5-18(27)13-17(22)14-23(31)24(32)29-19-6-10-21(36-2)11-7-19/h3-14H,15H2,1-2H3,(H,28,33)(H,29,32)(H,30,34). The van der Waals surface area contributed by atoms with Crippen LogP contribution >= 0.6 is 15.9 Å². The van der Waals surface area contributed by atoms with Gasteiger partial charge >= 0.3 is 11.8 Å². The highest BCUT2D eigenvalue weighted by Gasteiger charge is 2.21. The highest BCUT2D eigenvalue weighted by Crippen LogP contribution is 2.24. The number of nitrogens with one attached hydrogen (secondary N) is 3. The van der Waals surface area contributed by atoms with Crippen LogP contribution in [0.15, 0.2) is 77.3 Å². The average Bonchev–Trinajstić information content (AvgIpc) is 3.25. The SMILES string of the molecule is COc1ccc(CNC(=O)C(=O)Nn2c(C(=O)Nc3ccc(OC)cc3)cc3cc(Br)ccc32)cc1. The van der Waals surface area contributed by atoms with Crippen molar-refractivity contribution in [1.82, 2.24) is 9.99 Å². The topological polar surface area (TPSA) is 111 Å². The van der Waals surface area contributed by atoms with Gasteiger partial charge < -0.3 is 20.1 Å². The molecule has 1 heterocycles. The number of ether oxygens (including phenoxy) is 2. The highest BCUT2D eigenvalue weighted by atomic mass is 79.9. The summed E-state index contributed by atoms with van der Waals surface area (Å²) in [5.74, 6) is -0.880. The second kappa shape index (κ2) is 11.0. The predicted molar refractivity (Wildman–Crippen MR) is 140 cm³/mol. The van der Waals surface area contributed by atoms with Crippen LogP contribution in [0.25, 0.3) is 10.9 Å². The molecule has 4 rings (SSSR count). The molecular formula is C26H23BrN4O5. The summed E-state index contributed by atoms with van der Waals surface area (Å²) in [6.45, 7) is 0.153. The molecule has 9 nitrogen and oxygen atoms in total. The normalized spacial score (nSPS) is 10.5. The van der Waals surface area contributed by atoms with E-state index in [4.69, 9.17) is 9.47 Å². The van der Waals surface area contributed by atoms with E-state index in [9.17, 15) is 14.4 Å². The minimum Gasteiger partial charge on any atom is -0.497 e. The van der Waals surface area contributed by atoms with Gasteiger partial charge in [-0.15, -0.1) is 0 Å². The van der Waals surface area contributed by atoms with Crippen LogP contribution in [0.1, 0.15) is 16.1 Å². The quantitative estimate of drug-likeness (QED) is 0.300. The Balaban J connectivity index is 1.52. The molecule has 10 heteroatoms. The zero-order valence-electron chi connectivity index (χ0n) is 19.5. The number of aromatic nitrogens is 1. The Hall–Kier alpha value is -4.31. The molecule has 0 radical (unpaired) electrons. The molecule has 0 spiro atoms. The van der Waals surface area contributed by atoms with Crippen molar-refractivity contribution in [2.24, 2.45) is 0 Å². The molecule has 0 unspecified atom stereocenters. The number of benzene rings is 3. The number of methoxy groups -OCH3 is 2. The molecule has 184 valence electrons. The fraction of sp³-hybridized carbons (Fsp3) is 0.115. The number of carbonyl (C=O) groups is 3. The molecule has 0 fully saturated rings. The molecule has 0 aliphatic rings. The Morgan fingerprint density at radius 2 is 1.47 bits per heavy atom. The summed E-state index contributed by atoms with van der Waals surface area (Å²) in [7, 11) is 3.12. The summed E-state index contributed by atoms with van der Waals surface area (Å²) < 4.78 is 12.4. The van der Waals surface area contributed by atoms with Gasteiger partial charge in [-0.1, -0.05) is 28.1 Å². The zero-order valence-corrected chi connectivity index (χ0v) is 21.1. The minimum absolute atomic E-state index is 0.148. The molecule has 0 saturated heterocycles. The van der Waals surface area contributed by atoms with Gasteiger partial charge in [-0.2, -0.15) is 0 Å². The first-order valence-corrected chi connectivity index (χ1v) is 11.7. The maximum absolute atomic E-state index is 13.1. The number of carbonyl (C=O) groups excluding carboxylic acids is 3. The van der Waals surface area contributed by atoms with Crippen molar-refractivity contribution in [3.8, 4) is 11.5 Å². The van der Waals surface area contributed by atoms with Crippen molar-refractivity contribution in [3.63, 3.8) is 0 Å². The summed E-state index contributed by atoms with van der Waals surface area (Å²) in [4.78, 5) is 38.4. The molecule has 0 bridgehead atoms. The van der Waals surface area contributed by atoms with Gasteiger partial charge in [0, 0.05) is 22.1 Å². The van der Waals surface area contributed by atoms with Gasteiger partial charge in [-0.05, 0) is 66.2 Å². The van der Waals surface area contributed by atoms with Gasteiger partial charge in [0.05, 0.1) is 19.7 Å². The second-order valence-electron chi connectivity index (χ2n) is 7.72. The van der Waals surface area contributed by atoms with Crippen LogP contribution in [-0.2, 0) is 16.1 Å². The molecule has 36 heavy (non-hydrogen) atoms. The van der Waals surface area contributed by atoms with Crippen LogP contribution < -0.4 is 25.5 Å². The van der Waals surface area contributed by atoms with Crippen molar-refractivity contribution < 1.29 is 23.9 Å². The van der Waals surface area contributed by atoms with Crippen LogP contribution in [0, 0.1) is 0 Å². The van der Waals surface area contributed by atoms with Crippen molar-refractivity contribution >= 4 is 50.2 Å². The van der Waals surface area contributed by atoms with E-state index < -0.39 is 17.7 Å². The number of rotatable bonds is 7. The molecule has 3 aromatic carbocycles. The summed E-state index contributed by atoms with van der Waals surface area (Å²) in [5, 5.41) is 6.07. The summed E-state index contributed by atoms with van der Waals surface area (Å²) in [5.41, 5.74) is 4.58. The van der Waals surface area contributed by atoms with E-state index in [2.05, 4.69) is 32.0 Å². The van der Waals surface area contributed by atoms with E-state index in [0.29, 0.717) is 28.1 Å². The summed E-state index contributed by atoms with van der Waals surface area (Å²) in [6.07, 6.45) is 0. The lowest BCUT2D eigenvalue weighted by Gasteiger charge is -2.13. The Bertz CT molecular complexity index is 1420. The van der Waals surface area contributed by atoms with Crippen molar-refractivity contribution in [3.05, 3.63) is 88.5 Å². The van der Waals surface area contributed by atoms with Crippen molar-refractivity contribution in [2.75, 3.05) is 25.0 Å². The van der Waals surface area contributed by atoms with E-state index in [1.807, 2.05) is 6.07 Å². The Labute approximate surface area is 215 Å². The van der Waals surface area contributed by atoms with Crippen molar-refractivity contribution in [1.29, 1.82) is 0 Å². The predicted octanol–water partition coefficient (Wildman–Crippen LogP) is 4.06. The molecule has 3 amide bonds. The van der Waals surface area contributed by atoms with Gasteiger partial charge in [0.1, 0.15) is 17.2 Å². The number of fused-ring (bicyclic) bond motifs is 1. The fourth-order valence-electron chi connectivity index (χ4n) is 3.50. The zero-order chi connectivity index (χ0) is 25.7. The smallest absolute Gasteiger partial charge is 0.328 e. The fourth-order valence-corrected chi connectivity index (χ4v) is 3.88. The Morgan fingerprint density at radius 3 is 2.11 bits per heavy atom. The van der Waals surface area contributed by atoms with E-state index in [-0.39, 0.29) is 12.2 Å². The lowest BCUT2D eigenvalue weighted by molar-refractivity contribution is -0.136. The van der Waals surface area contributed by atoms with E-state index in [1.165, 1.54) is 4.68 Å². The van der Waals surface area contributed by atoms with Crippen LogP contribution in [0.4, 0.5) is 5.69 Å². The van der Waals surface area contributed by atoms with Crippen molar-refractivity contribution in [2.45, 2.75) is 6.54 Å². The molecule has 0 atom stereocenters. The second-order valence-corrected chi connectivity index (χ2v) is 8.64. The molecule has 0 aliphatic heterocycles. The third-order valence-electron chi connectivity index (χ3n) is 5.38. The number of nitrogens with zero attached hydrogens (tertiary/aromatic N) is 1. The van der Waals surface area contributed by atoms with Gasteiger partial charge in [0.25, 0.3) is 5.91 Å². The monoisotopic (exact) mass is 550 g/mol. The van der Waals surface area contributed by atoms with E-state index >= 15 is 0 Å². The molecule has 0 aliphatic carbocycles. The third-order valence-corrected chi connectivity index (χ3v) is 5.87. The molecular weight excluding hydrogens is 528 g/mol. The highest BCUT2D eigenvalue weighted by molar-refractivity contribution is 9.10. The van der Waals surface area contributed by atoms with Crippen LogP contribution in [-0.4, -0.2) is 36.6 Å². The number of halogens is 1. The first-order valence-electron chi connectivity index (χ1n) is 10.9. The lowest BCUT2D eigenvalue weighted by Crippen LogP contribution is -2.39. The van der Waals surface area contributed by atoms with Crippen LogP contribution in [0.2, 0.25) is 0 Å². The maximum atomic E-state index is 13.1. The first kappa shape index (κ1) is 24.8. The minimum atomic E-state index is -0.914. The van der Waals surface area contributed by atoms with Gasteiger partial charge in [-0.3, -0.25) is 19.8 Å². The molecule has 0 saturated carbocycles. The van der Waals surface area contributed by atoms with Crippen LogP contribution in [0.5, 0.6) is 11.5 Å². The lowest BCUT2D eigenvalue weighted by atomic mass is 10.2. The van der Waals surface area contributed by atoms with Gasteiger partial charge in [0.2, 0.25) is 0 Å². The van der Waals surface area contributed by atoms with E-state index in [0.717, 1.165) is 10.0 Å². The van der Waals surface area contributed by atoms with E-state index in [1.54, 1.807) is 80.9 Å². The van der Waals surface area contributed by atoms with Crippen LogP contribution in [0.3, 0.4) is 0 Å². The Morgan fingerprint density at radius 1 is 0.833 bits per heavy atom. The van der Waals surface area contributed by atoms with Gasteiger partial charge in [0.15, 0.2) is 0 Å².